The molecule has 4 rings (SSSR count). The van der Waals surface area contributed by atoms with E-state index < -0.39 is 12.1 Å². The fourth-order valence-corrected chi connectivity index (χ4v) is 3.61. The van der Waals surface area contributed by atoms with Crippen LogP contribution in [-0.2, 0) is 17.8 Å². The number of aryl methyl sites for hydroxylation is 1. The van der Waals surface area contributed by atoms with Crippen LogP contribution in [0.25, 0.3) is 0 Å². The summed E-state index contributed by atoms with van der Waals surface area (Å²) < 4.78 is 24.8. The van der Waals surface area contributed by atoms with E-state index in [0.29, 0.717) is 24.6 Å². The van der Waals surface area contributed by atoms with E-state index in [1.807, 2.05) is 37.3 Å². The Morgan fingerprint density at radius 1 is 1.19 bits per heavy atom. The number of benzene rings is 2. The summed E-state index contributed by atoms with van der Waals surface area (Å²) in [5.74, 6) is -0.00472. The first-order valence-electron chi connectivity index (χ1n) is 10.0. The number of rotatable bonds is 6. The highest BCUT2D eigenvalue weighted by Crippen LogP contribution is 2.35. The summed E-state index contributed by atoms with van der Waals surface area (Å²) in [6, 6.07) is 17.2. The third kappa shape index (κ3) is 4.83. The van der Waals surface area contributed by atoms with Gasteiger partial charge in [0.2, 0.25) is 5.88 Å². The first-order chi connectivity index (χ1) is 15.0. The molecule has 31 heavy (non-hydrogen) atoms. The molecule has 3 aromatic rings. The molecule has 0 aliphatic carbocycles. The van der Waals surface area contributed by atoms with Crippen molar-refractivity contribution in [3.63, 3.8) is 0 Å². The van der Waals surface area contributed by atoms with Crippen molar-refractivity contribution in [3.8, 4) is 5.88 Å². The number of anilines is 1. The minimum absolute atomic E-state index is 0.165. The van der Waals surface area contributed by atoms with Crippen molar-refractivity contribution in [1.82, 2.24) is 4.98 Å². The third-order valence-corrected chi connectivity index (χ3v) is 5.24. The molecule has 1 aliphatic heterocycles. The normalized spacial score (nSPS) is 15.3. The second-order valence-corrected chi connectivity index (χ2v) is 7.48. The first-order valence-corrected chi connectivity index (χ1v) is 10.0. The van der Waals surface area contributed by atoms with E-state index in [-0.39, 0.29) is 19.0 Å². The van der Waals surface area contributed by atoms with Gasteiger partial charge in [0, 0.05) is 5.69 Å². The van der Waals surface area contributed by atoms with Gasteiger partial charge in [-0.3, -0.25) is 4.90 Å². The second kappa shape index (κ2) is 9.14. The van der Waals surface area contributed by atoms with E-state index >= 15 is 0 Å². The number of pyridine rings is 1. The molecule has 1 amide bonds. The number of carbonyl (C=O) groups is 1. The largest absolute Gasteiger partial charge is 0.474 e. The Bertz CT molecular complexity index is 1060. The molecule has 0 fully saturated rings. The van der Waals surface area contributed by atoms with Crippen LogP contribution >= 0.6 is 0 Å². The number of aromatic nitrogens is 1. The topological polar surface area (TPSA) is 71.9 Å². The lowest BCUT2D eigenvalue weighted by atomic mass is 10.0. The van der Waals surface area contributed by atoms with Gasteiger partial charge in [-0.05, 0) is 48.2 Å². The highest BCUT2D eigenvalue weighted by atomic mass is 19.1. The highest BCUT2D eigenvalue weighted by Gasteiger charge is 2.34. The zero-order valence-electron chi connectivity index (χ0n) is 17.1. The minimum atomic E-state index is -1.09. The van der Waals surface area contributed by atoms with E-state index in [1.165, 1.54) is 17.0 Å². The van der Waals surface area contributed by atoms with Crippen LogP contribution in [0.1, 0.15) is 22.4 Å². The van der Waals surface area contributed by atoms with Gasteiger partial charge in [0.1, 0.15) is 18.1 Å². The maximum Gasteiger partial charge on any atom is 0.412 e. The van der Waals surface area contributed by atoms with Crippen molar-refractivity contribution < 1.29 is 23.8 Å². The zero-order valence-corrected chi connectivity index (χ0v) is 17.1. The van der Waals surface area contributed by atoms with E-state index in [1.54, 1.807) is 18.2 Å². The molecule has 1 aromatic heterocycles. The Balaban J connectivity index is 1.54. The molecule has 0 saturated carbocycles. The smallest absolute Gasteiger partial charge is 0.412 e. The van der Waals surface area contributed by atoms with Crippen molar-refractivity contribution in [2.24, 2.45) is 0 Å². The van der Waals surface area contributed by atoms with Crippen LogP contribution in [-0.4, -0.2) is 35.4 Å². The van der Waals surface area contributed by atoms with Crippen LogP contribution < -0.4 is 9.64 Å². The standard InChI is InChI=1S/C24H23FN2O4/c1-16-19(11-17-7-9-20(25)10-8-17)12-22-23(26-16)31-15-21(27(22)24(28)29)14-30-13-18-5-3-2-4-6-18/h2-10,12,21H,11,13-15H2,1H3,(H,28,29)/t21-/m0/s1. The van der Waals surface area contributed by atoms with Crippen LogP contribution in [0.15, 0.2) is 60.7 Å². The molecule has 0 radical (unpaired) electrons. The third-order valence-electron chi connectivity index (χ3n) is 5.24. The first kappa shape index (κ1) is 20.8. The van der Waals surface area contributed by atoms with Gasteiger partial charge in [0.15, 0.2) is 0 Å². The van der Waals surface area contributed by atoms with Crippen LogP contribution in [0.5, 0.6) is 5.88 Å². The maximum absolute atomic E-state index is 13.2. The van der Waals surface area contributed by atoms with E-state index in [9.17, 15) is 14.3 Å². The van der Waals surface area contributed by atoms with Crippen molar-refractivity contribution >= 4 is 11.8 Å². The van der Waals surface area contributed by atoms with Crippen LogP contribution in [0.4, 0.5) is 14.9 Å². The summed E-state index contributed by atoms with van der Waals surface area (Å²) in [6.07, 6.45) is -0.578. The number of nitrogens with zero attached hydrogens (tertiary/aromatic N) is 2. The summed E-state index contributed by atoms with van der Waals surface area (Å²) >= 11 is 0. The van der Waals surface area contributed by atoms with Gasteiger partial charge >= 0.3 is 6.09 Å². The summed E-state index contributed by atoms with van der Waals surface area (Å²) in [5.41, 5.74) is 3.92. The number of hydrogen-bond acceptors (Lipinski definition) is 4. The van der Waals surface area contributed by atoms with Crippen LogP contribution in [0.2, 0.25) is 0 Å². The van der Waals surface area contributed by atoms with Crippen molar-refractivity contribution in [1.29, 1.82) is 0 Å². The second-order valence-electron chi connectivity index (χ2n) is 7.48. The average molecular weight is 422 g/mol. The molecule has 160 valence electrons. The highest BCUT2D eigenvalue weighted by molar-refractivity contribution is 5.89. The minimum Gasteiger partial charge on any atom is -0.474 e. The maximum atomic E-state index is 13.2. The number of fused-ring (bicyclic) bond motifs is 1. The van der Waals surface area contributed by atoms with E-state index in [2.05, 4.69) is 4.98 Å². The lowest BCUT2D eigenvalue weighted by Gasteiger charge is -2.34. The SMILES string of the molecule is Cc1nc2c(cc1Cc1ccc(F)cc1)N(C(=O)O)[C@@H](COCc1ccccc1)CO2. The Hall–Kier alpha value is -3.45. The molecule has 2 heterocycles. The van der Waals surface area contributed by atoms with Gasteiger partial charge in [0.25, 0.3) is 0 Å². The molecular formula is C24H23FN2O4. The fraction of sp³-hybridized carbons (Fsp3) is 0.250. The van der Waals surface area contributed by atoms with Gasteiger partial charge in [0.05, 0.1) is 19.3 Å². The van der Waals surface area contributed by atoms with Gasteiger partial charge in [-0.15, -0.1) is 0 Å². The predicted octanol–water partition coefficient (Wildman–Crippen LogP) is 4.58. The Morgan fingerprint density at radius 3 is 2.65 bits per heavy atom. The number of halogens is 1. The average Bonchev–Trinajstić information content (AvgIpc) is 2.76. The Kier molecular flexibility index (Phi) is 6.13. The molecule has 1 atom stereocenters. The predicted molar refractivity (Wildman–Crippen MR) is 114 cm³/mol. The summed E-state index contributed by atoms with van der Waals surface area (Å²) in [5, 5.41) is 9.90. The molecule has 7 heteroatoms. The summed E-state index contributed by atoms with van der Waals surface area (Å²) in [4.78, 5) is 17.8. The quantitative estimate of drug-likeness (QED) is 0.630. The monoisotopic (exact) mass is 422 g/mol. The molecule has 1 N–H and O–H groups in total. The van der Waals surface area contributed by atoms with Gasteiger partial charge in [-0.1, -0.05) is 42.5 Å². The molecule has 0 unspecified atom stereocenters. The Labute approximate surface area is 179 Å². The zero-order chi connectivity index (χ0) is 21.8. The van der Waals surface area contributed by atoms with E-state index in [4.69, 9.17) is 9.47 Å². The van der Waals surface area contributed by atoms with Crippen LogP contribution in [0.3, 0.4) is 0 Å². The molecule has 1 aliphatic rings. The Morgan fingerprint density at radius 2 is 1.94 bits per heavy atom. The molecule has 0 bridgehead atoms. The molecule has 2 aromatic carbocycles. The van der Waals surface area contributed by atoms with Gasteiger partial charge in [-0.2, -0.15) is 0 Å². The molecular weight excluding hydrogens is 399 g/mol. The van der Waals surface area contributed by atoms with Crippen LogP contribution in [0, 0.1) is 12.7 Å². The van der Waals surface area contributed by atoms with Crippen molar-refractivity contribution in [2.45, 2.75) is 26.0 Å². The molecule has 6 nitrogen and oxygen atoms in total. The number of hydrogen-bond donors (Lipinski definition) is 1. The van der Waals surface area contributed by atoms with Gasteiger partial charge < -0.3 is 14.6 Å². The summed E-state index contributed by atoms with van der Waals surface area (Å²) in [6.45, 7) is 2.60. The molecule has 0 saturated heterocycles. The van der Waals surface area contributed by atoms with Crippen molar-refractivity contribution in [2.75, 3.05) is 18.1 Å². The van der Waals surface area contributed by atoms with Crippen molar-refractivity contribution in [3.05, 3.63) is 88.9 Å². The fourth-order valence-electron chi connectivity index (χ4n) is 3.61. The number of carboxylic acid groups (broad SMARTS) is 1. The lowest BCUT2D eigenvalue weighted by molar-refractivity contribution is 0.0841. The molecule has 0 spiro atoms. The number of ether oxygens (including phenoxy) is 2. The summed E-state index contributed by atoms with van der Waals surface area (Å²) in [7, 11) is 0. The van der Waals surface area contributed by atoms with E-state index in [0.717, 1.165) is 22.4 Å². The number of amides is 1. The van der Waals surface area contributed by atoms with Gasteiger partial charge in [-0.25, -0.2) is 14.2 Å². The lowest BCUT2D eigenvalue weighted by Crippen LogP contribution is -2.49.